The molecular weight excluding hydrogens is 649 g/mol. The van der Waals surface area contributed by atoms with E-state index in [0.717, 1.165) is 22.6 Å². The van der Waals surface area contributed by atoms with E-state index < -0.39 is 12.0 Å². The molecule has 11 heteroatoms. The molecule has 4 aromatic rings. The minimum Gasteiger partial charge on any atom is -0.497 e. The zero-order valence-electron chi connectivity index (χ0n) is 26.9. The molecule has 0 aliphatic carbocycles. The molecule has 2 unspecified atom stereocenters. The molecule has 0 aromatic heterocycles. The Morgan fingerprint density at radius 2 is 1.08 bits per heavy atom. The number of nitrogens with two attached hydrogens (primary N) is 1. The Bertz CT molecular complexity index is 1590. The third-order valence-electron chi connectivity index (χ3n) is 7.04. The fraction of sp³-hybridized carbons (Fsp3) is 0.243. The molecule has 0 aliphatic rings. The van der Waals surface area contributed by atoms with Gasteiger partial charge in [0, 0.05) is 46.8 Å². The third-order valence-corrected chi connectivity index (χ3v) is 9.57. The SMILES string of the molecule is COc1ccc(C(CC(=O)c2ccccc2)SCC(=O)O)cc1.COc1ccc(C(CC(=O)c2ccccc2)SCCNC(N)=O)cc1. The molecule has 0 spiro atoms. The first kappa shape index (κ1) is 37.7. The lowest BCUT2D eigenvalue weighted by Gasteiger charge is -2.17. The Balaban J connectivity index is 0.000000261. The summed E-state index contributed by atoms with van der Waals surface area (Å²) in [6.07, 6.45) is 0.645. The Kier molecular flexibility index (Phi) is 16.1. The average molecular weight is 689 g/mol. The topological polar surface area (TPSA) is 145 Å². The summed E-state index contributed by atoms with van der Waals surface area (Å²) in [5, 5.41) is 11.3. The van der Waals surface area contributed by atoms with Gasteiger partial charge in [-0.15, -0.1) is 11.8 Å². The summed E-state index contributed by atoms with van der Waals surface area (Å²) < 4.78 is 10.3. The highest BCUT2D eigenvalue weighted by atomic mass is 32.2. The smallest absolute Gasteiger partial charge is 0.313 e. The van der Waals surface area contributed by atoms with Gasteiger partial charge in [-0.2, -0.15) is 11.8 Å². The number of carboxylic acid groups (broad SMARTS) is 1. The van der Waals surface area contributed by atoms with E-state index in [0.29, 0.717) is 29.8 Å². The second-order valence-electron chi connectivity index (χ2n) is 10.4. The van der Waals surface area contributed by atoms with Gasteiger partial charge in [0.25, 0.3) is 0 Å². The van der Waals surface area contributed by atoms with Crippen LogP contribution in [0.4, 0.5) is 4.79 Å². The fourth-order valence-electron chi connectivity index (χ4n) is 4.55. The van der Waals surface area contributed by atoms with Gasteiger partial charge in [0.05, 0.1) is 20.0 Å². The van der Waals surface area contributed by atoms with Gasteiger partial charge in [0.1, 0.15) is 11.5 Å². The monoisotopic (exact) mass is 688 g/mol. The molecule has 0 radical (unpaired) electrons. The van der Waals surface area contributed by atoms with Crippen LogP contribution in [0.1, 0.15) is 55.2 Å². The molecule has 9 nitrogen and oxygen atoms in total. The molecule has 2 amide bonds. The summed E-state index contributed by atoms with van der Waals surface area (Å²) in [4.78, 5) is 46.6. The molecule has 48 heavy (non-hydrogen) atoms. The van der Waals surface area contributed by atoms with Crippen molar-refractivity contribution in [2.45, 2.75) is 23.3 Å². The highest BCUT2D eigenvalue weighted by Crippen LogP contribution is 2.35. The van der Waals surface area contributed by atoms with Crippen LogP contribution in [0.2, 0.25) is 0 Å². The van der Waals surface area contributed by atoms with Gasteiger partial charge < -0.3 is 25.6 Å². The zero-order valence-corrected chi connectivity index (χ0v) is 28.5. The summed E-state index contributed by atoms with van der Waals surface area (Å²) in [6.45, 7) is 0.464. The molecule has 4 N–H and O–H groups in total. The number of urea groups is 1. The second kappa shape index (κ2) is 20.5. The van der Waals surface area contributed by atoms with Gasteiger partial charge in [-0.1, -0.05) is 84.9 Å². The van der Waals surface area contributed by atoms with Gasteiger partial charge in [-0.3, -0.25) is 14.4 Å². The highest BCUT2D eigenvalue weighted by molar-refractivity contribution is 8.00. The van der Waals surface area contributed by atoms with Crippen LogP contribution in [0.15, 0.2) is 109 Å². The van der Waals surface area contributed by atoms with Crippen LogP contribution in [-0.4, -0.2) is 60.9 Å². The van der Waals surface area contributed by atoms with Crippen LogP contribution < -0.4 is 20.5 Å². The molecule has 4 aromatic carbocycles. The summed E-state index contributed by atoms with van der Waals surface area (Å²) in [6, 6.07) is 32.9. The number of hydrogen-bond acceptors (Lipinski definition) is 8. The largest absolute Gasteiger partial charge is 0.497 e. The summed E-state index contributed by atoms with van der Waals surface area (Å²) in [7, 11) is 3.21. The maximum atomic E-state index is 12.6. The quantitative estimate of drug-likeness (QED) is 0.0772. The molecule has 4 rings (SSSR count). The normalized spacial score (nSPS) is 11.6. The van der Waals surface area contributed by atoms with Gasteiger partial charge in [-0.05, 0) is 35.4 Å². The van der Waals surface area contributed by atoms with Gasteiger partial charge in [-0.25, -0.2) is 4.79 Å². The van der Waals surface area contributed by atoms with Crippen LogP contribution in [0.5, 0.6) is 11.5 Å². The number of amides is 2. The molecule has 2 atom stereocenters. The van der Waals surface area contributed by atoms with Crippen molar-refractivity contribution in [2.75, 3.05) is 32.3 Å². The average Bonchev–Trinajstić information content (AvgIpc) is 3.12. The van der Waals surface area contributed by atoms with Crippen LogP contribution in [0.3, 0.4) is 0 Å². The minimum atomic E-state index is -0.888. The van der Waals surface area contributed by atoms with Gasteiger partial charge in [0.2, 0.25) is 0 Å². The van der Waals surface area contributed by atoms with E-state index in [2.05, 4.69) is 5.32 Å². The summed E-state index contributed by atoms with van der Waals surface area (Å²) in [5.41, 5.74) is 8.40. The van der Waals surface area contributed by atoms with Crippen LogP contribution >= 0.6 is 23.5 Å². The van der Waals surface area contributed by atoms with Gasteiger partial charge in [0.15, 0.2) is 11.6 Å². The number of carbonyl (C=O) groups excluding carboxylic acids is 3. The van der Waals surface area contributed by atoms with E-state index in [-0.39, 0.29) is 34.2 Å². The van der Waals surface area contributed by atoms with E-state index in [1.54, 1.807) is 38.1 Å². The van der Waals surface area contributed by atoms with Crippen molar-refractivity contribution in [1.82, 2.24) is 5.32 Å². The number of thioether (sulfide) groups is 2. The predicted octanol–water partition coefficient (Wildman–Crippen LogP) is 7.24. The lowest BCUT2D eigenvalue weighted by atomic mass is 10.0. The van der Waals surface area contributed by atoms with Crippen molar-refractivity contribution in [1.29, 1.82) is 0 Å². The minimum absolute atomic E-state index is 0.00399. The first-order valence-corrected chi connectivity index (χ1v) is 17.2. The molecule has 0 fully saturated rings. The van der Waals surface area contributed by atoms with Crippen molar-refractivity contribution in [3.05, 3.63) is 131 Å². The third kappa shape index (κ3) is 13.2. The Labute approximate surface area is 289 Å². The van der Waals surface area contributed by atoms with E-state index >= 15 is 0 Å². The number of ether oxygens (including phenoxy) is 2. The number of rotatable bonds is 17. The van der Waals surface area contributed by atoms with Crippen LogP contribution in [0.25, 0.3) is 0 Å². The van der Waals surface area contributed by atoms with Crippen molar-refractivity contribution in [3.63, 3.8) is 0 Å². The maximum absolute atomic E-state index is 12.6. The molecular formula is C37H40N2O7S2. The van der Waals surface area contributed by atoms with Crippen LogP contribution in [0, 0.1) is 0 Å². The van der Waals surface area contributed by atoms with E-state index in [9.17, 15) is 19.2 Å². The number of Topliss-reactive ketones (excluding diaryl/α,β-unsaturated/α-hetero) is 2. The predicted molar refractivity (Wildman–Crippen MR) is 192 cm³/mol. The van der Waals surface area contributed by atoms with Crippen molar-refractivity contribution in [2.24, 2.45) is 5.73 Å². The maximum Gasteiger partial charge on any atom is 0.313 e. The standard InChI is InChI=1S/C19H22N2O3S.C18H18O4S/c1-24-16-9-7-15(8-10-16)18(25-12-11-21-19(20)23)13-17(22)14-5-3-2-4-6-14;1-22-15-9-7-14(8-10-15)17(23-12-18(20)21)11-16(19)13-5-3-2-4-6-13/h2-10,18H,11-13H2,1H3,(H3,20,21,23);2-10,17H,11-12H2,1H3,(H,20,21). The van der Waals surface area contributed by atoms with Crippen molar-refractivity contribution in [3.8, 4) is 11.5 Å². The molecule has 0 aliphatic heterocycles. The van der Waals surface area contributed by atoms with Crippen molar-refractivity contribution >= 4 is 47.1 Å². The number of nitrogens with one attached hydrogen (secondary N) is 1. The number of primary amides is 1. The molecule has 0 saturated carbocycles. The molecule has 0 bridgehead atoms. The second-order valence-corrected chi connectivity index (χ2v) is 12.9. The Hall–Kier alpha value is -4.74. The molecule has 0 heterocycles. The van der Waals surface area contributed by atoms with E-state index in [1.807, 2.05) is 97.1 Å². The number of carbonyl (C=O) groups is 4. The number of methoxy groups -OCH3 is 2. The number of carboxylic acids is 1. The number of aliphatic carboxylic acids is 1. The lowest BCUT2D eigenvalue weighted by molar-refractivity contribution is -0.133. The van der Waals surface area contributed by atoms with E-state index in [4.69, 9.17) is 20.3 Å². The fourth-order valence-corrected chi connectivity index (χ4v) is 6.64. The number of hydrogen-bond donors (Lipinski definition) is 3. The van der Waals surface area contributed by atoms with Gasteiger partial charge >= 0.3 is 12.0 Å². The molecule has 0 saturated heterocycles. The Morgan fingerprint density at radius 1 is 0.667 bits per heavy atom. The highest BCUT2D eigenvalue weighted by Gasteiger charge is 2.20. The zero-order chi connectivity index (χ0) is 34.7. The summed E-state index contributed by atoms with van der Waals surface area (Å²) in [5.74, 6) is 1.34. The number of ketones is 2. The first-order valence-electron chi connectivity index (χ1n) is 15.1. The van der Waals surface area contributed by atoms with E-state index in [1.165, 1.54) is 11.8 Å². The number of benzene rings is 4. The first-order chi connectivity index (χ1) is 23.2. The Morgan fingerprint density at radius 3 is 1.46 bits per heavy atom. The lowest BCUT2D eigenvalue weighted by Crippen LogP contribution is -2.31. The van der Waals surface area contributed by atoms with Crippen LogP contribution in [-0.2, 0) is 4.79 Å². The summed E-state index contributed by atoms with van der Waals surface area (Å²) >= 11 is 2.88. The van der Waals surface area contributed by atoms with Crippen molar-refractivity contribution < 1.29 is 33.8 Å². The molecule has 252 valence electrons.